The Morgan fingerprint density at radius 1 is 1.27 bits per heavy atom. The number of pyridine rings is 1. The predicted octanol–water partition coefficient (Wildman–Crippen LogP) is 4.11. The highest BCUT2D eigenvalue weighted by atomic mass is 16.5. The van der Waals surface area contributed by atoms with Gasteiger partial charge in [0.1, 0.15) is 30.1 Å². The zero-order valence-corrected chi connectivity index (χ0v) is 22.0. The minimum atomic E-state index is 0.0321. The summed E-state index contributed by atoms with van der Waals surface area (Å²) in [6, 6.07) is 2.34. The summed E-state index contributed by atoms with van der Waals surface area (Å²) >= 11 is 0. The number of nitrogens with two attached hydrogens (primary N) is 1. The summed E-state index contributed by atoms with van der Waals surface area (Å²) in [5, 5.41) is 0.854. The maximum atomic E-state index is 13.2. The van der Waals surface area contributed by atoms with Crippen LogP contribution in [0.4, 0.5) is 5.82 Å². The van der Waals surface area contributed by atoms with Crippen LogP contribution in [0.5, 0.6) is 0 Å². The third-order valence-electron chi connectivity index (χ3n) is 7.71. The zero-order chi connectivity index (χ0) is 26.1. The Bertz CT molecular complexity index is 1440. The first-order chi connectivity index (χ1) is 17.9. The molecule has 0 saturated carbocycles. The average Bonchev–Trinajstić information content (AvgIpc) is 3.46. The second-order valence-corrected chi connectivity index (χ2v) is 10.1. The van der Waals surface area contributed by atoms with Gasteiger partial charge in [-0.15, -0.1) is 0 Å². The van der Waals surface area contributed by atoms with Crippen molar-refractivity contribution in [3.8, 4) is 23.1 Å². The average molecular weight is 499 g/mol. The number of ether oxygens (including phenoxy) is 1. The molecule has 8 heteroatoms. The molecule has 4 heterocycles. The lowest BCUT2D eigenvalue weighted by Crippen LogP contribution is -2.38. The van der Waals surface area contributed by atoms with Crippen LogP contribution in [-0.2, 0) is 16.6 Å². The lowest BCUT2D eigenvalue weighted by molar-refractivity contribution is -0.136. The van der Waals surface area contributed by atoms with Gasteiger partial charge < -0.3 is 19.9 Å². The van der Waals surface area contributed by atoms with Crippen molar-refractivity contribution in [3.63, 3.8) is 0 Å². The van der Waals surface area contributed by atoms with E-state index in [1.54, 1.807) is 7.11 Å². The van der Waals surface area contributed by atoms with E-state index in [0.29, 0.717) is 30.1 Å². The normalized spacial score (nSPS) is 19.6. The van der Waals surface area contributed by atoms with E-state index in [9.17, 15) is 4.79 Å². The number of fused-ring (bicyclic) bond motifs is 1. The number of carbonyl (C=O) groups excluding carboxylic acids is 1. The van der Waals surface area contributed by atoms with Crippen LogP contribution >= 0.6 is 0 Å². The Labute approximate surface area is 217 Å². The molecule has 3 aromatic rings. The number of rotatable bonds is 4. The fourth-order valence-corrected chi connectivity index (χ4v) is 5.76. The van der Waals surface area contributed by atoms with Crippen LogP contribution < -0.4 is 5.73 Å². The number of nitrogens with zero attached hydrogens (tertiary/aromatic N) is 5. The van der Waals surface area contributed by atoms with Gasteiger partial charge in [-0.1, -0.05) is 12.0 Å². The Kier molecular flexibility index (Phi) is 6.98. The number of carbonyl (C=O) groups is 1. The van der Waals surface area contributed by atoms with Crippen molar-refractivity contribution in [1.29, 1.82) is 0 Å². The summed E-state index contributed by atoms with van der Waals surface area (Å²) in [6.45, 7) is 5.47. The van der Waals surface area contributed by atoms with Gasteiger partial charge in [-0.05, 0) is 69.1 Å². The molecule has 1 fully saturated rings. The highest BCUT2D eigenvalue weighted by molar-refractivity contribution is 6.04. The molecule has 5 rings (SSSR count). The molecular weight excluding hydrogens is 464 g/mol. The number of hydrogen-bond donors (Lipinski definition) is 1. The van der Waals surface area contributed by atoms with E-state index in [-0.39, 0.29) is 5.92 Å². The zero-order valence-electron chi connectivity index (χ0n) is 22.0. The van der Waals surface area contributed by atoms with Crippen molar-refractivity contribution >= 4 is 28.3 Å². The monoisotopic (exact) mass is 498 g/mol. The van der Waals surface area contributed by atoms with Crippen molar-refractivity contribution in [3.05, 3.63) is 41.5 Å². The molecule has 1 saturated heterocycles. The first-order valence-electron chi connectivity index (χ1n) is 12.9. The molecule has 192 valence electrons. The van der Waals surface area contributed by atoms with E-state index < -0.39 is 0 Å². The van der Waals surface area contributed by atoms with Crippen molar-refractivity contribution in [1.82, 2.24) is 24.4 Å². The minimum Gasteiger partial charge on any atom is -0.383 e. The summed E-state index contributed by atoms with van der Waals surface area (Å²) in [6.07, 6.45) is 10.2. The fraction of sp³-hybridized carbons (Fsp3) is 0.448. The van der Waals surface area contributed by atoms with E-state index in [4.69, 9.17) is 10.5 Å². The minimum absolute atomic E-state index is 0.0321. The maximum absolute atomic E-state index is 13.2. The summed E-state index contributed by atoms with van der Waals surface area (Å²) in [7, 11) is 3.63. The summed E-state index contributed by atoms with van der Waals surface area (Å²) in [5.41, 5.74) is 13.2. The molecule has 3 aromatic heterocycles. The second kappa shape index (κ2) is 10.3. The molecule has 1 aliphatic heterocycles. The lowest BCUT2D eigenvalue weighted by atomic mass is 9.84. The molecule has 1 aliphatic carbocycles. The van der Waals surface area contributed by atoms with E-state index in [1.807, 2.05) is 19.3 Å². The Hall–Kier alpha value is -3.70. The fourth-order valence-electron chi connectivity index (χ4n) is 5.76. The van der Waals surface area contributed by atoms with Gasteiger partial charge in [-0.25, -0.2) is 15.0 Å². The lowest BCUT2D eigenvalue weighted by Gasteiger charge is -2.29. The van der Waals surface area contributed by atoms with Crippen molar-refractivity contribution in [2.24, 2.45) is 13.0 Å². The van der Waals surface area contributed by atoms with Crippen LogP contribution in [0.3, 0.4) is 0 Å². The molecule has 2 atom stereocenters. The SMILES string of the molecule is COCC#Cc1cc(C)c(-c2c(C3=CC[C@H](C(=O)N4CCC[C@H]4C)CC3)c3c(N)ncnc3n2C)cn1. The number of methoxy groups -OCH3 is 1. The van der Waals surface area contributed by atoms with E-state index in [2.05, 4.69) is 56.2 Å². The maximum Gasteiger partial charge on any atom is 0.226 e. The van der Waals surface area contributed by atoms with Crippen LogP contribution in [0.15, 0.2) is 24.7 Å². The van der Waals surface area contributed by atoms with Crippen LogP contribution in [-0.4, -0.2) is 56.6 Å². The molecule has 37 heavy (non-hydrogen) atoms. The summed E-state index contributed by atoms with van der Waals surface area (Å²) in [5.74, 6) is 6.80. The topological polar surface area (TPSA) is 99.2 Å². The van der Waals surface area contributed by atoms with Gasteiger partial charge in [0.15, 0.2) is 0 Å². The Balaban J connectivity index is 1.56. The summed E-state index contributed by atoms with van der Waals surface area (Å²) in [4.78, 5) is 28.8. The number of hydrogen-bond acceptors (Lipinski definition) is 6. The number of likely N-dealkylation sites (tertiary alicyclic amines) is 1. The van der Waals surface area contributed by atoms with Crippen molar-refractivity contribution < 1.29 is 9.53 Å². The predicted molar refractivity (Wildman–Crippen MR) is 145 cm³/mol. The molecule has 2 N–H and O–H groups in total. The van der Waals surface area contributed by atoms with Crippen molar-refractivity contribution in [2.45, 2.75) is 52.0 Å². The number of nitrogen functional groups attached to an aromatic ring is 1. The molecule has 0 spiro atoms. The molecule has 0 bridgehead atoms. The first kappa shape index (κ1) is 25.0. The third kappa shape index (κ3) is 4.60. The Morgan fingerprint density at radius 3 is 2.78 bits per heavy atom. The quantitative estimate of drug-likeness (QED) is 0.544. The highest BCUT2D eigenvalue weighted by Crippen LogP contribution is 2.43. The number of aryl methyl sites for hydroxylation is 2. The van der Waals surface area contributed by atoms with E-state index in [0.717, 1.165) is 72.1 Å². The smallest absolute Gasteiger partial charge is 0.226 e. The van der Waals surface area contributed by atoms with Crippen molar-refractivity contribution in [2.75, 3.05) is 26.0 Å². The van der Waals surface area contributed by atoms with Gasteiger partial charge in [0, 0.05) is 50.0 Å². The van der Waals surface area contributed by atoms with E-state index in [1.165, 1.54) is 11.9 Å². The van der Waals surface area contributed by atoms with Gasteiger partial charge in [0.2, 0.25) is 5.91 Å². The molecule has 8 nitrogen and oxygen atoms in total. The number of aromatic nitrogens is 4. The largest absolute Gasteiger partial charge is 0.383 e. The number of anilines is 1. The number of amides is 1. The first-order valence-corrected chi connectivity index (χ1v) is 12.9. The molecule has 2 aliphatic rings. The van der Waals surface area contributed by atoms with Gasteiger partial charge in [-0.2, -0.15) is 0 Å². The molecule has 1 amide bonds. The van der Waals surface area contributed by atoms with Gasteiger partial charge in [0.25, 0.3) is 0 Å². The van der Waals surface area contributed by atoms with Crippen LogP contribution in [0.1, 0.15) is 55.8 Å². The van der Waals surface area contributed by atoms with Crippen LogP contribution in [0.2, 0.25) is 0 Å². The van der Waals surface area contributed by atoms with Crippen LogP contribution in [0.25, 0.3) is 27.9 Å². The standard InChI is InChI=1S/C29H34N6O2/c1-18-15-22(8-6-14-37-4)31-16-23(18)26-24(25-27(30)32-17-33-28(25)34(26)3)20-9-11-21(12-10-20)29(36)35-13-5-7-19(35)2/h9,15-17,19,21H,5,7,10-14H2,1-4H3,(H2,30,32,33)/t19-,21+/m1/s1. The molecular formula is C29H34N6O2. The molecule has 0 aromatic carbocycles. The van der Waals surface area contributed by atoms with Gasteiger partial charge in [0.05, 0.1) is 11.1 Å². The second-order valence-electron chi connectivity index (χ2n) is 10.1. The van der Waals surface area contributed by atoms with Gasteiger partial charge in [-0.3, -0.25) is 4.79 Å². The highest BCUT2D eigenvalue weighted by Gasteiger charge is 2.33. The van der Waals surface area contributed by atoms with E-state index >= 15 is 0 Å². The van der Waals surface area contributed by atoms with Crippen LogP contribution in [0, 0.1) is 24.7 Å². The van der Waals surface area contributed by atoms with Gasteiger partial charge >= 0.3 is 0 Å². The number of allylic oxidation sites excluding steroid dienone is 2. The molecule has 0 unspecified atom stereocenters. The Morgan fingerprint density at radius 2 is 2.11 bits per heavy atom. The molecule has 0 radical (unpaired) electrons. The third-order valence-corrected chi connectivity index (χ3v) is 7.71. The summed E-state index contributed by atoms with van der Waals surface area (Å²) < 4.78 is 7.10.